The molecule has 1 amide bonds. The Morgan fingerprint density at radius 3 is 2.40 bits per heavy atom. The smallest absolute Gasteiger partial charge is 0.415 e. The summed E-state index contributed by atoms with van der Waals surface area (Å²) in [6.45, 7) is 5.33. The Morgan fingerprint density at radius 2 is 1.67 bits per heavy atom. The van der Waals surface area contributed by atoms with Crippen LogP contribution < -0.4 is 25.4 Å². The first-order valence-electron chi connectivity index (χ1n) is 15.2. The molecule has 3 aromatic carbocycles. The highest BCUT2D eigenvalue weighted by Gasteiger charge is 2.35. The van der Waals surface area contributed by atoms with Crippen molar-refractivity contribution in [3.8, 4) is 11.6 Å². The molecule has 0 spiro atoms. The van der Waals surface area contributed by atoms with Crippen molar-refractivity contribution in [2.24, 2.45) is 0 Å². The number of sulfone groups is 1. The van der Waals surface area contributed by atoms with Crippen molar-refractivity contribution in [2.75, 3.05) is 39.4 Å². The summed E-state index contributed by atoms with van der Waals surface area (Å²) in [7, 11) is -4.25. The molecule has 0 unspecified atom stereocenters. The van der Waals surface area contributed by atoms with E-state index >= 15 is 0 Å². The molecule has 5 aromatic rings. The topological polar surface area (TPSA) is 171 Å². The quantitative estimate of drug-likeness (QED) is 0.117. The fourth-order valence-corrected chi connectivity index (χ4v) is 6.74. The monoisotopic (exact) mass is 675 g/mol. The summed E-state index contributed by atoms with van der Waals surface area (Å²) < 4.78 is 47.0. The second kappa shape index (κ2) is 14.3. The van der Waals surface area contributed by atoms with Gasteiger partial charge in [0.25, 0.3) is 9.84 Å². The van der Waals surface area contributed by atoms with E-state index < -0.39 is 26.4 Å². The molecule has 0 aliphatic carbocycles. The van der Waals surface area contributed by atoms with Crippen LogP contribution in [0.5, 0.6) is 11.6 Å². The lowest BCUT2D eigenvalue weighted by atomic mass is 10.0. The second-order valence-electron chi connectivity index (χ2n) is 11.2. The molecule has 3 heterocycles. The van der Waals surface area contributed by atoms with Gasteiger partial charge in [-0.15, -0.1) is 0 Å². The number of carbonyl (C=O) groups excluding carboxylic acids is 1. The normalized spacial score (nSPS) is 14.2. The third-order valence-electron chi connectivity index (χ3n) is 7.95. The molecule has 0 bridgehead atoms. The molecule has 0 radical (unpaired) electrons. The average molecular weight is 676 g/mol. The van der Waals surface area contributed by atoms with Crippen LogP contribution in [0.3, 0.4) is 0 Å². The van der Waals surface area contributed by atoms with E-state index in [1.807, 2.05) is 23.2 Å². The summed E-state index contributed by atoms with van der Waals surface area (Å²) in [4.78, 5) is 27.8. The van der Waals surface area contributed by atoms with Crippen LogP contribution in [0.15, 0.2) is 103 Å². The Bertz CT molecular complexity index is 2060. The maximum Gasteiger partial charge on any atom is 0.415 e. The molecule has 1 aliphatic rings. The molecule has 1 N–H and O–H groups in total. The minimum absolute atomic E-state index is 0.0654. The summed E-state index contributed by atoms with van der Waals surface area (Å²) in [5.41, 5.74) is 4.72. The first-order chi connectivity index (χ1) is 23.2. The van der Waals surface area contributed by atoms with Gasteiger partial charge in [-0.3, -0.25) is 19.7 Å². The van der Waals surface area contributed by atoms with Crippen molar-refractivity contribution in [3.63, 3.8) is 0 Å². The summed E-state index contributed by atoms with van der Waals surface area (Å²) in [5.74, 6) is -0.447. The van der Waals surface area contributed by atoms with Gasteiger partial charge in [-0.1, -0.05) is 48.5 Å². The lowest BCUT2D eigenvalue weighted by Gasteiger charge is -2.34. The molecule has 14 nitrogen and oxygen atoms in total. The van der Waals surface area contributed by atoms with Crippen molar-refractivity contribution in [1.29, 1.82) is 0 Å². The Morgan fingerprint density at radius 1 is 0.979 bits per heavy atom. The third-order valence-corrected chi connectivity index (χ3v) is 9.67. The standard InChI is InChI=1S/C33H33N5O9S/c1-23-27-13-12-25(44-18-19-45-31-32(38(41)47-35-31)48(42,43)26-10-6-3-7-11-26)20-29(27)46-33(40)28(23)21-30(39)34-37-16-14-36(15-17-37)22-24-8-4-2-5-9-24/h2-13,20H,14-19,21-22H2,1H3,(H,34,39). The number of nitrogens with zero attached hydrogens (tertiary/aromatic N) is 4. The predicted molar refractivity (Wildman–Crippen MR) is 171 cm³/mol. The van der Waals surface area contributed by atoms with Crippen LogP contribution >= 0.6 is 0 Å². The van der Waals surface area contributed by atoms with Crippen LogP contribution in [-0.2, 0) is 27.6 Å². The van der Waals surface area contributed by atoms with E-state index in [9.17, 15) is 23.2 Å². The fraction of sp³-hybridized carbons (Fsp3) is 0.273. The van der Waals surface area contributed by atoms with Crippen LogP contribution in [0.2, 0.25) is 0 Å². The Balaban J connectivity index is 1.03. The molecule has 250 valence electrons. The highest BCUT2D eigenvalue weighted by atomic mass is 32.2. The molecule has 1 aliphatic heterocycles. The number of fused-ring (bicyclic) bond motifs is 1. The van der Waals surface area contributed by atoms with Crippen molar-refractivity contribution >= 4 is 26.7 Å². The van der Waals surface area contributed by atoms with Crippen molar-refractivity contribution in [3.05, 3.63) is 111 Å². The minimum Gasteiger partial charge on any atom is -0.490 e. The van der Waals surface area contributed by atoms with Crippen LogP contribution in [0.1, 0.15) is 16.7 Å². The number of aryl methyl sites for hydroxylation is 1. The van der Waals surface area contributed by atoms with E-state index in [4.69, 9.17) is 13.9 Å². The molecular weight excluding hydrogens is 642 g/mol. The van der Waals surface area contributed by atoms with Gasteiger partial charge in [-0.2, -0.15) is 0 Å². The van der Waals surface area contributed by atoms with E-state index in [2.05, 4.69) is 32.2 Å². The van der Waals surface area contributed by atoms with Gasteiger partial charge in [-0.05, 0) is 47.2 Å². The number of nitrogens with one attached hydrogen (secondary N) is 1. The molecule has 1 saturated heterocycles. The van der Waals surface area contributed by atoms with Gasteiger partial charge in [-0.25, -0.2) is 18.2 Å². The molecule has 2 aromatic heterocycles. The van der Waals surface area contributed by atoms with Crippen LogP contribution in [0.4, 0.5) is 0 Å². The molecule has 48 heavy (non-hydrogen) atoms. The number of ether oxygens (including phenoxy) is 2. The van der Waals surface area contributed by atoms with Crippen LogP contribution in [0, 0.1) is 12.1 Å². The number of piperazine rings is 1. The number of benzene rings is 3. The van der Waals surface area contributed by atoms with E-state index in [-0.39, 0.29) is 46.5 Å². The number of rotatable bonds is 12. The molecule has 1 fully saturated rings. The van der Waals surface area contributed by atoms with Gasteiger partial charge in [0, 0.05) is 44.2 Å². The molecular formula is C33H33N5O9S. The highest BCUT2D eigenvalue weighted by Crippen LogP contribution is 2.26. The predicted octanol–water partition coefficient (Wildman–Crippen LogP) is 2.40. The largest absolute Gasteiger partial charge is 0.490 e. The first-order valence-corrected chi connectivity index (χ1v) is 16.7. The number of hydrogen-bond donors (Lipinski definition) is 1. The number of hydrazine groups is 1. The molecule has 0 atom stereocenters. The zero-order chi connectivity index (χ0) is 33.7. The zero-order valence-corrected chi connectivity index (χ0v) is 26.9. The average Bonchev–Trinajstić information content (AvgIpc) is 3.47. The summed E-state index contributed by atoms with van der Waals surface area (Å²) >= 11 is 0. The Hall–Kier alpha value is -5.25. The number of carbonyl (C=O) groups is 1. The number of amides is 1. The van der Waals surface area contributed by atoms with Crippen LogP contribution in [-0.4, -0.2) is 68.8 Å². The second-order valence-corrected chi connectivity index (χ2v) is 13.0. The third kappa shape index (κ3) is 7.33. The van der Waals surface area contributed by atoms with Gasteiger partial charge < -0.3 is 19.1 Å². The molecule has 15 heteroatoms. The van der Waals surface area contributed by atoms with Crippen molar-refractivity contribution in [2.45, 2.75) is 29.8 Å². The highest BCUT2D eigenvalue weighted by molar-refractivity contribution is 7.91. The molecule has 6 rings (SSSR count). The van der Waals surface area contributed by atoms with Gasteiger partial charge in [0.1, 0.15) is 24.5 Å². The summed E-state index contributed by atoms with van der Waals surface area (Å²) in [6, 6.07) is 22.5. The Kier molecular flexibility index (Phi) is 9.70. The maximum absolute atomic E-state index is 12.9. The van der Waals surface area contributed by atoms with Gasteiger partial charge >= 0.3 is 16.5 Å². The number of hydrogen-bond acceptors (Lipinski definition) is 12. The molecule has 0 saturated carbocycles. The van der Waals surface area contributed by atoms with E-state index in [1.165, 1.54) is 35.9 Å². The Labute approximate surface area is 275 Å². The van der Waals surface area contributed by atoms with Gasteiger partial charge in [0.05, 0.1) is 22.0 Å². The maximum atomic E-state index is 12.9. The van der Waals surface area contributed by atoms with Gasteiger partial charge in [0.2, 0.25) is 5.91 Å². The number of aromatic nitrogens is 2. The summed E-state index contributed by atoms with van der Waals surface area (Å²) in [5, 5.41) is 17.2. The fourth-order valence-electron chi connectivity index (χ4n) is 5.44. The van der Waals surface area contributed by atoms with Crippen LogP contribution in [0.25, 0.3) is 11.0 Å². The van der Waals surface area contributed by atoms with Gasteiger partial charge in [0.15, 0.2) is 0 Å². The van der Waals surface area contributed by atoms with Crippen molar-refractivity contribution < 1.29 is 36.6 Å². The SMILES string of the molecule is Cc1c(CC(=O)NN2CCN(Cc3ccccc3)CC2)c(=O)oc2cc(OCCOc3no[n+]([O-])c3S(=O)(=O)c3ccccc3)ccc12. The lowest BCUT2D eigenvalue weighted by Crippen LogP contribution is -2.53. The van der Waals surface area contributed by atoms with Crippen molar-refractivity contribution in [1.82, 2.24) is 20.5 Å². The van der Waals surface area contributed by atoms with E-state index in [1.54, 1.807) is 25.1 Å². The zero-order valence-electron chi connectivity index (χ0n) is 26.0. The first kappa shape index (κ1) is 32.7. The van der Waals surface area contributed by atoms with E-state index in [0.717, 1.165) is 19.6 Å². The summed E-state index contributed by atoms with van der Waals surface area (Å²) in [6.07, 6.45) is -0.128. The lowest BCUT2D eigenvalue weighted by molar-refractivity contribution is -0.832. The minimum atomic E-state index is -4.25. The van der Waals surface area contributed by atoms with E-state index in [0.29, 0.717) is 29.8 Å².